The minimum atomic E-state index is -0.886. The van der Waals surface area contributed by atoms with E-state index in [4.69, 9.17) is 9.47 Å². The fourth-order valence-electron chi connectivity index (χ4n) is 3.25. The highest BCUT2D eigenvalue weighted by Gasteiger charge is 2.28. The van der Waals surface area contributed by atoms with Crippen LogP contribution in [-0.2, 0) is 4.74 Å². The zero-order chi connectivity index (χ0) is 19.8. The van der Waals surface area contributed by atoms with Crippen LogP contribution in [0.1, 0.15) is 38.5 Å². The van der Waals surface area contributed by atoms with Crippen LogP contribution >= 0.6 is 0 Å². The number of benzene rings is 1. The van der Waals surface area contributed by atoms with Crippen LogP contribution in [0.2, 0.25) is 0 Å². The van der Waals surface area contributed by atoms with Crippen LogP contribution in [0, 0.1) is 11.6 Å². The third kappa shape index (κ3) is 7.07. The summed E-state index contributed by atoms with van der Waals surface area (Å²) in [4.78, 5) is 15.9. The van der Waals surface area contributed by atoms with Crippen molar-refractivity contribution in [1.82, 2.24) is 9.80 Å². The van der Waals surface area contributed by atoms with Crippen molar-refractivity contribution in [3.8, 4) is 5.75 Å². The number of halogens is 2. The van der Waals surface area contributed by atoms with Gasteiger partial charge < -0.3 is 19.3 Å². The lowest BCUT2D eigenvalue weighted by Crippen LogP contribution is -2.42. The van der Waals surface area contributed by atoms with E-state index in [0.29, 0.717) is 6.07 Å². The van der Waals surface area contributed by atoms with E-state index in [-0.39, 0.29) is 17.9 Å². The van der Waals surface area contributed by atoms with Crippen molar-refractivity contribution in [2.24, 2.45) is 0 Å². The molecule has 0 atom stereocenters. The third-order valence-electron chi connectivity index (χ3n) is 4.92. The molecule has 2 rings (SSSR count). The molecule has 0 aliphatic heterocycles. The molecule has 0 heterocycles. The molecule has 0 unspecified atom stereocenters. The Morgan fingerprint density at radius 3 is 2.44 bits per heavy atom. The first-order valence-corrected chi connectivity index (χ1v) is 9.53. The molecule has 1 aromatic rings. The first kappa shape index (κ1) is 21.6. The topological polar surface area (TPSA) is 42.0 Å². The summed E-state index contributed by atoms with van der Waals surface area (Å²) < 4.78 is 37.6. The normalized spacial score (nSPS) is 19.9. The Balaban J connectivity index is 1.70. The molecule has 0 bridgehead atoms. The van der Waals surface area contributed by atoms with Gasteiger partial charge in [0.15, 0.2) is 11.6 Å². The zero-order valence-electron chi connectivity index (χ0n) is 16.4. The molecular formula is C20H30F2N2O3. The van der Waals surface area contributed by atoms with Gasteiger partial charge in [0, 0.05) is 25.8 Å². The van der Waals surface area contributed by atoms with E-state index in [9.17, 15) is 13.6 Å². The van der Waals surface area contributed by atoms with Gasteiger partial charge in [-0.3, -0.25) is 0 Å². The molecule has 1 aromatic carbocycles. The van der Waals surface area contributed by atoms with Crippen molar-refractivity contribution < 1.29 is 23.0 Å². The van der Waals surface area contributed by atoms with Crippen LogP contribution in [0.4, 0.5) is 13.6 Å². The third-order valence-corrected chi connectivity index (χ3v) is 4.92. The molecule has 0 spiro atoms. The summed E-state index contributed by atoms with van der Waals surface area (Å²) in [6.07, 6.45) is 5.19. The van der Waals surface area contributed by atoms with E-state index in [2.05, 4.69) is 19.0 Å². The summed E-state index contributed by atoms with van der Waals surface area (Å²) in [5.41, 5.74) is 0. The van der Waals surface area contributed by atoms with Gasteiger partial charge in [0.25, 0.3) is 0 Å². The number of hydrogen-bond acceptors (Lipinski definition) is 4. The molecule has 152 valence electrons. The summed E-state index contributed by atoms with van der Waals surface area (Å²) in [5, 5.41) is 0. The predicted octanol–water partition coefficient (Wildman–Crippen LogP) is 4.07. The largest absolute Gasteiger partial charge is 0.415 e. The lowest BCUT2D eigenvalue weighted by Gasteiger charge is -2.34. The molecule has 5 nitrogen and oxygen atoms in total. The molecule has 0 N–H and O–H groups in total. The second kappa shape index (κ2) is 10.6. The summed E-state index contributed by atoms with van der Waals surface area (Å²) in [6, 6.07) is 2.92. The van der Waals surface area contributed by atoms with Gasteiger partial charge in [0.1, 0.15) is 5.82 Å². The van der Waals surface area contributed by atoms with E-state index >= 15 is 0 Å². The smallest absolute Gasteiger partial charge is 0.407 e. The maximum Gasteiger partial charge on any atom is 0.415 e. The van der Waals surface area contributed by atoms with Crippen molar-refractivity contribution in [1.29, 1.82) is 0 Å². The summed E-state index contributed by atoms with van der Waals surface area (Å²) in [5.74, 6) is -1.85. The van der Waals surface area contributed by atoms with Gasteiger partial charge in [-0.05, 0) is 71.3 Å². The predicted molar refractivity (Wildman–Crippen MR) is 99.9 cm³/mol. The van der Waals surface area contributed by atoms with Crippen LogP contribution in [0.5, 0.6) is 5.75 Å². The van der Waals surface area contributed by atoms with Gasteiger partial charge in [0.2, 0.25) is 0 Å². The van der Waals surface area contributed by atoms with E-state index < -0.39 is 17.7 Å². The number of carbonyl (C=O) groups is 1. The Morgan fingerprint density at radius 1 is 1.11 bits per heavy atom. The first-order valence-electron chi connectivity index (χ1n) is 9.53. The SMILES string of the molecule is CN(C)CCCCO[C@H]1CC[C@H](N(C)C(=O)Oc2ccc(F)cc2F)CC1. The van der Waals surface area contributed by atoms with Gasteiger partial charge in [-0.1, -0.05) is 0 Å². The van der Waals surface area contributed by atoms with Gasteiger partial charge in [-0.2, -0.15) is 0 Å². The highest BCUT2D eigenvalue weighted by atomic mass is 19.1. The number of hydrogen-bond donors (Lipinski definition) is 0. The molecule has 1 fully saturated rings. The van der Waals surface area contributed by atoms with Crippen molar-refractivity contribution in [3.05, 3.63) is 29.8 Å². The lowest BCUT2D eigenvalue weighted by atomic mass is 9.92. The van der Waals surface area contributed by atoms with Gasteiger partial charge in [0.05, 0.1) is 6.10 Å². The molecular weight excluding hydrogens is 354 g/mol. The Kier molecular flexibility index (Phi) is 8.44. The van der Waals surface area contributed by atoms with E-state index in [0.717, 1.165) is 63.8 Å². The molecule has 1 amide bonds. The van der Waals surface area contributed by atoms with Gasteiger partial charge >= 0.3 is 6.09 Å². The fraction of sp³-hybridized carbons (Fsp3) is 0.650. The van der Waals surface area contributed by atoms with Crippen LogP contribution in [0.3, 0.4) is 0 Å². The second-order valence-corrected chi connectivity index (χ2v) is 7.37. The molecule has 27 heavy (non-hydrogen) atoms. The van der Waals surface area contributed by atoms with Crippen LogP contribution in [0.25, 0.3) is 0 Å². The molecule has 1 aliphatic rings. The van der Waals surface area contributed by atoms with E-state index in [1.54, 1.807) is 7.05 Å². The molecule has 7 heteroatoms. The highest BCUT2D eigenvalue weighted by Crippen LogP contribution is 2.26. The van der Waals surface area contributed by atoms with Crippen LogP contribution < -0.4 is 4.74 Å². The Labute approximate surface area is 160 Å². The number of amides is 1. The van der Waals surface area contributed by atoms with Gasteiger partial charge in [-0.15, -0.1) is 0 Å². The average molecular weight is 384 g/mol. The number of rotatable bonds is 8. The quantitative estimate of drug-likeness (QED) is 0.634. The molecule has 0 saturated heterocycles. The van der Waals surface area contributed by atoms with Crippen molar-refractivity contribution in [3.63, 3.8) is 0 Å². The molecule has 0 radical (unpaired) electrons. The average Bonchev–Trinajstić information content (AvgIpc) is 2.63. The highest BCUT2D eigenvalue weighted by molar-refractivity contribution is 5.70. The summed E-state index contributed by atoms with van der Waals surface area (Å²) in [7, 11) is 5.78. The van der Waals surface area contributed by atoms with Crippen molar-refractivity contribution >= 4 is 6.09 Å². The maximum atomic E-state index is 13.6. The number of unbranched alkanes of at least 4 members (excludes halogenated alkanes) is 1. The molecule has 1 saturated carbocycles. The van der Waals surface area contributed by atoms with E-state index in [1.165, 1.54) is 4.90 Å². The lowest BCUT2D eigenvalue weighted by molar-refractivity contribution is 0.0102. The standard InChI is InChI=1S/C20H30F2N2O3/c1-23(2)12-4-5-13-26-17-9-7-16(8-10-17)24(3)20(25)27-19-11-6-15(21)14-18(19)22/h6,11,14,16-17H,4-5,7-10,12-13H2,1-3H3/t16-,17-. The Hall–Kier alpha value is -1.73. The Morgan fingerprint density at radius 2 is 1.81 bits per heavy atom. The summed E-state index contributed by atoms with van der Waals surface area (Å²) in [6.45, 7) is 1.84. The van der Waals surface area contributed by atoms with E-state index in [1.807, 2.05) is 0 Å². The van der Waals surface area contributed by atoms with Crippen molar-refractivity contribution in [2.75, 3.05) is 34.3 Å². The molecule has 0 aromatic heterocycles. The number of nitrogens with zero attached hydrogens (tertiary/aromatic N) is 2. The minimum Gasteiger partial charge on any atom is -0.407 e. The zero-order valence-corrected chi connectivity index (χ0v) is 16.4. The first-order chi connectivity index (χ1) is 12.9. The molecule has 1 aliphatic carbocycles. The minimum absolute atomic E-state index is 0.0367. The van der Waals surface area contributed by atoms with Crippen LogP contribution in [-0.4, -0.2) is 62.3 Å². The van der Waals surface area contributed by atoms with Crippen LogP contribution in [0.15, 0.2) is 18.2 Å². The number of carbonyl (C=O) groups excluding carboxylic acids is 1. The monoisotopic (exact) mass is 384 g/mol. The summed E-state index contributed by atoms with van der Waals surface area (Å²) >= 11 is 0. The second-order valence-electron chi connectivity index (χ2n) is 7.37. The van der Waals surface area contributed by atoms with Crippen molar-refractivity contribution in [2.45, 2.75) is 50.7 Å². The fourth-order valence-corrected chi connectivity index (χ4v) is 3.25. The van der Waals surface area contributed by atoms with Gasteiger partial charge in [-0.25, -0.2) is 13.6 Å². The maximum absolute atomic E-state index is 13.6. The number of ether oxygens (including phenoxy) is 2. The Bertz CT molecular complexity index is 605.